The predicted octanol–water partition coefficient (Wildman–Crippen LogP) is 3.82. The highest BCUT2D eigenvalue weighted by Gasteiger charge is 2.39. The van der Waals surface area contributed by atoms with Gasteiger partial charge in [0.2, 0.25) is 0 Å². The van der Waals surface area contributed by atoms with Gasteiger partial charge in [0, 0.05) is 6.04 Å². The Morgan fingerprint density at radius 1 is 1.33 bits per heavy atom. The molecule has 1 saturated heterocycles. The van der Waals surface area contributed by atoms with E-state index < -0.39 is 5.54 Å². The number of nitrogens with two attached hydrogens (primary N) is 1. The lowest BCUT2D eigenvalue weighted by atomic mass is 9.78. The zero-order chi connectivity index (χ0) is 15.3. The van der Waals surface area contributed by atoms with Gasteiger partial charge in [0.05, 0.1) is 5.54 Å². The summed E-state index contributed by atoms with van der Waals surface area (Å²) in [6.07, 6.45) is 7.24. The molecule has 2 N–H and O–H groups in total. The van der Waals surface area contributed by atoms with Crippen LogP contribution in [-0.2, 0) is 5.54 Å². The zero-order valence-corrected chi connectivity index (χ0v) is 13.0. The highest BCUT2D eigenvalue weighted by molar-refractivity contribution is 5.28. The Labute approximate surface area is 127 Å². The summed E-state index contributed by atoms with van der Waals surface area (Å²) in [4.78, 5) is 2.51. The number of nitrogens with zero attached hydrogens (tertiary/aromatic N) is 1. The Hall–Kier alpha value is -1.19. The third kappa shape index (κ3) is 3.53. The van der Waals surface area contributed by atoms with Gasteiger partial charge in [-0.1, -0.05) is 31.6 Å². The van der Waals surface area contributed by atoms with Gasteiger partial charge in [0.15, 0.2) is 0 Å². The molecule has 0 saturated carbocycles. The number of likely N-dealkylation sites (tertiary alicyclic amines) is 1. The lowest BCUT2D eigenvalue weighted by Crippen LogP contribution is -2.55. The summed E-state index contributed by atoms with van der Waals surface area (Å²) in [5, 5.41) is 0. The van der Waals surface area contributed by atoms with Gasteiger partial charge in [0.25, 0.3) is 0 Å². The van der Waals surface area contributed by atoms with Gasteiger partial charge in [-0.2, -0.15) is 0 Å². The fourth-order valence-electron chi connectivity index (χ4n) is 3.54. The second kappa shape index (κ2) is 7.19. The third-order valence-electron chi connectivity index (χ3n) is 4.60. The summed E-state index contributed by atoms with van der Waals surface area (Å²) >= 11 is 0. The minimum absolute atomic E-state index is 0.215. The lowest BCUT2D eigenvalue weighted by Gasteiger charge is -2.43. The van der Waals surface area contributed by atoms with Crippen LogP contribution < -0.4 is 5.73 Å². The summed E-state index contributed by atoms with van der Waals surface area (Å²) in [6, 6.07) is 6.96. The number of halogens is 1. The summed E-state index contributed by atoms with van der Waals surface area (Å²) in [5.74, 6) is -0.215. The molecule has 2 atom stereocenters. The Kier molecular flexibility index (Phi) is 5.54. The molecule has 1 fully saturated rings. The van der Waals surface area contributed by atoms with Crippen LogP contribution in [0.25, 0.3) is 0 Å². The van der Waals surface area contributed by atoms with Gasteiger partial charge >= 0.3 is 0 Å². The molecular formula is C18H27FN2. The van der Waals surface area contributed by atoms with Crippen molar-refractivity contribution in [1.82, 2.24) is 4.90 Å². The first-order valence-corrected chi connectivity index (χ1v) is 8.01. The lowest BCUT2D eigenvalue weighted by molar-refractivity contribution is 0.135. The summed E-state index contributed by atoms with van der Waals surface area (Å²) in [6.45, 7) is 8.31. The average molecular weight is 290 g/mol. The van der Waals surface area contributed by atoms with E-state index in [1.807, 2.05) is 18.2 Å². The van der Waals surface area contributed by atoms with E-state index >= 15 is 0 Å². The van der Waals surface area contributed by atoms with E-state index in [-0.39, 0.29) is 11.9 Å². The van der Waals surface area contributed by atoms with Crippen molar-refractivity contribution in [3.63, 3.8) is 0 Å². The van der Waals surface area contributed by atoms with E-state index in [1.54, 1.807) is 0 Å². The minimum atomic E-state index is -0.490. The Morgan fingerprint density at radius 2 is 1.95 bits per heavy atom. The molecule has 1 aromatic carbocycles. The highest BCUT2D eigenvalue weighted by atomic mass is 19.1. The highest BCUT2D eigenvalue weighted by Crippen LogP contribution is 2.34. The number of rotatable bonds is 7. The first-order valence-electron chi connectivity index (χ1n) is 8.01. The second-order valence-electron chi connectivity index (χ2n) is 6.09. The van der Waals surface area contributed by atoms with Crippen LogP contribution in [0.5, 0.6) is 0 Å². The van der Waals surface area contributed by atoms with Crippen molar-refractivity contribution in [1.29, 1.82) is 0 Å². The van der Waals surface area contributed by atoms with Crippen LogP contribution in [0.1, 0.15) is 44.6 Å². The van der Waals surface area contributed by atoms with E-state index in [4.69, 9.17) is 5.73 Å². The van der Waals surface area contributed by atoms with Gasteiger partial charge in [0.1, 0.15) is 5.82 Å². The Bertz CT molecular complexity index is 451. The van der Waals surface area contributed by atoms with Gasteiger partial charge in [-0.3, -0.25) is 4.90 Å². The van der Waals surface area contributed by atoms with Crippen LogP contribution in [0, 0.1) is 5.82 Å². The molecule has 0 radical (unpaired) electrons. The zero-order valence-electron chi connectivity index (χ0n) is 13.0. The van der Waals surface area contributed by atoms with Gasteiger partial charge in [-0.25, -0.2) is 4.39 Å². The predicted molar refractivity (Wildman–Crippen MR) is 86.6 cm³/mol. The fraction of sp³-hybridized carbons (Fsp3) is 0.556. The molecule has 21 heavy (non-hydrogen) atoms. The molecule has 1 aliphatic heterocycles. The molecule has 2 nitrogen and oxygen atoms in total. The van der Waals surface area contributed by atoms with Crippen LogP contribution in [0.2, 0.25) is 0 Å². The summed E-state index contributed by atoms with van der Waals surface area (Å²) in [7, 11) is 0. The van der Waals surface area contributed by atoms with Crippen LogP contribution in [0.3, 0.4) is 0 Å². The molecule has 0 spiro atoms. The normalized spacial score (nSPS) is 20.1. The second-order valence-corrected chi connectivity index (χ2v) is 6.09. The topological polar surface area (TPSA) is 29.3 Å². The standard InChI is InChI=1S/C18H27FN2/c1-3-7-17(21-13-5-6-14-21)18(20,12-4-2)15-8-10-16(19)11-9-15/h4,8-11,17H,2-3,5-7,12-14,20H2,1H3. The largest absolute Gasteiger partial charge is 0.320 e. The average Bonchev–Trinajstić information content (AvgIpc) is 2.99. The van der Waals surface area contributed by atoms with Crippen LogP contribution in [0.4, 0.5) is 4.39 Å². The molecule has 0 amide bonds. The van der Waals surface area contributed by atoms with Gasteiger partial charge < -0.3 is 5.73 Å². The number of hydrogen-bond donors (Lipinski definition) is 1. The van der Waals surface area contributed by atoms with E-state index in [2.05, 4.69) is 18.4 Å². The third-order valence-corrected chi connectivity index (χ3v) is 4.60. The molecule has 1 aliphatic rings. The van der Waals surface area contributed by atoms with Crippen molar-refractivity contribution in [3.8, 4) is 0 Å². The maximum atomic E-state index is 13.2. The van der Waals surface area contributed by atoms with Crippen molar-refractivity contribution in [2.24, 2.45) is 5.73 Å². The van der Waals surface area contributed by atoms with Crippen molar-refractivity contribution in [2.75, 3.05) is 13.1 Å². The SMILES string of the molecule is C=CCC(N)(c1ccc(F)cc1)C(CCC)N1CCCC1. The molecule has 116 valence electrons. The molecular weight excluding hydrogens is 263 g/mol. The van der Waals surface area contributed by atoms with Crippen molar-refractivity contribution < 1.29 is 4.39 Å². The monoisotopic (exact) mass is 290 g/mol. The fourth-order valence-corrected chi connectivity index (χ4v) is 3.54. The Balaban J connectivity index is 2.36. The summed E-state index contributed by atoms with van der Waals surface area (Å²) < 4.78 is 13.2. The molecule has 0 bridgehead atoms. The van der Waals surface area contributed by atoms with E-state index in [0.29, 0.717) is 6.42 Å². The molecule has 2 unspecified atom stereocenters. The van der Waals surface area contributed by atoms with E-state index in [0.717, 1.165) is 31.5 Å². The Morgan fingerprint density at radius 3 is 2.48 bits per heavy atom. The van der Waals surface area contributed by atoms with Crippen LogP contribution in [-0.4, -0.2) is 24.0 Å². The van der Waals surface area contributed by atoms with E-state index in [1.165, 1.54) is 25.0 Å². The number of benzene rings is 1. The van der Waals surface area contributed by atoms with Crippen LogP contribution >= 0.6 is 0 Å². The molecule has 0 aliphatic carbocycles. The van der Waals surface area contributed by atoms with Crippen molar-refractivity contribution in [2.45, 2.75) is 50.6 Å². The van der Waals surface area contributed by atoms with Crippen molar-refractivity contribution >= 4 is 0 Å². The van der Waals surface area contributed by atoms with Crippen molar-refractivity contribution in [3.05, 3.63) is 48.3 Å². The molecule has 1 aromatic rings. The number of hydrogen-bond acceptors (Lipinski definition) is 2. The minimum Gasteiger partial charge on any atom is -0.320 e. The van der Waals surface area contributed by atoms with Gasteiger partial charge in [-0.15, -0.1) is 6.58 Å². The maximum Gasteiger partial charge on any atom is 0.123 e. The van der Waals surface area contributed by atoms with E-state index in [9.17, 15) is 4.39 Å². The molecule has 3 heteroatoms. The quantitative estimate of drug-likeness (QED) is 0.774. The van der Waals surface area contributed by atoms with Gasteiger partial charge in [-0.05, 0) is 56.5 Å². The first-order chi connectivity index (χ1) is 10.1. The molecule has 2 rings (SSSR count). The maximum absolute atomic E-state index is 13.2. The molecule has 1 heterocycles. The smallest absolute Gasteiger partial charge is 0.123 e. The summed E-state index contributed by atoms with van der Waals surface area (Å²) in [5.41, 5.74) is 7.37. The van der Waals surface area contributed by atoms with Crippen LogP contribution in [0.15, 0.2) is 36.9 Å². The molecule has 0 aromatic heterocycles. The first kappa shape index (κ1) is 16.2.